The summed E-state index contributed by atoms with van der Waals surface area (Å²) in [4.78, 5) is 14.5. The molecule has 57 heavy (non-hydrogen) atoms. The van der Waals surface area contributed by atoms with Gasteiger partial charge in [0.1, 0.15) is 0 Å². The SMILES string of the molecule is [CH3][Ge]([CH3])([CH3])[c]1ccc(-c2[c-]cccc2)nc1.[Ir].[c-]1ccc2c(oc3nc(-c4ccccc4)ccc32)c1-c1nc2ccccc2n1-c1ccccc1-c1ccccc1. The van der Waals surface area contributed by atoms with Crippen LogP contribution in [0, 0.1) is 12.1 Å². The van der Waals surface area contributed by atoms with Crippen LogP contribution in [-0.2, 0) is 20.1 Å². The smallest absolute Gasteiger partial charge is 0.216 e. The Bertz CT molecular complexity index is 2940. The fourth-order valence-corrected chi connectivity index (χ4v) is 9.25. The van der Waals surface area contributed by atoms with Crippen LogP contribution in [0.5, 0.6) is 0 Å². The summed E-state index contributed by atoms with van der Waals surface area (Å²) in [5, 5.41) is 1.96. The molecule has 0 aliphatic carbocycles. The van der Waals surface area contributed by atoms with Crippen molar-refractivity contribution in [3.63, 3.8) is 0 Å². The summed E-state index contributed by atoms with van der Waals surface area (Å²) >= 11 is -1.72. The molecule has 0 N–H and O–H groups in total. The number of benzene rings is 6. The Hall–Kier alpha value is -5.92. The number of pyridine rings is 2. The van der Waals surface area contributed by atoms with Gasteiger partial charge in [0.25, 0.3) is 0 Å². The van der Waals surface area contributed by atoms with Crippen LogP contribution >= 0.6 is 0 Å². The molecule has 0 fully saturated rings. The standard InChI is InChI=1S/C36H22N3O.C14H16GeN.Ir/c1-3-12-24(13-4-1)26-16-7-9-20-32(26)39-33-21-10-8-19-31(33)37-35(39)29-18-11-17-27-28-22-23-30(25-14-5-2-6-15-25)38-36(28)40-34(27)29;1-15(2,3)13-9-10-14(16-11-13)12-7-5-4-6-8-12;/h1-17,19-23H;4-7,9-11H,1-3H3;/q2*-1;. The van der Waals surface area contributed by atoms with E-state index in [9.17, 15) is 0 Å². The maximum Gasteiger partial charge on any atom is 0.216 e. The van der Waals surface area contributed by atoms with Crippen molar-refractivity contribution in [2.75, 3.05) is 0 Å². The molecule has 0 atom stereocenters. The predicted molar refractivity (Wildman–Crippen MR) is 233 cm³/mol. The molecule has 6 aromatic carbocycles. The first-order chi connectivity index (χ1) is 27.4. The normalized spacial score (nSPS) is 11.3. The Balaban J connectivity index is 0.000000226. The first-order valence-electron chi connectivity index (χ1n) is 18.8. The number of furan rings is 1. The van der Waals surface area contributed by atoms with Gasteiger partial charge in [-0.1, -0.05) is 102 Å². The van der Waals surface area contributed by atoms with Crippen molar-refractivity contribution in [2.45, 2.75) is 17.3 Å². The van der Waals surface area contributed by atoms with Crippen molar-refractivity contribution in [2.24, 2.45) is 0 Å². The summed E-state index contributed by atoms with van der Waals surface area (Å²) in [6.07, 6.45) is 2.04. The maximum atomic E-state index is 6.51. The Labute approximate surface area is 348 Å². The monoisotopic (exact) mass is 977 g/mol. The second kappa shape index (κ2) is 16.3. The zero-order chi connectivity index (χ0) is 38.1. The molecule has 10 rings (SSSR count). The molecule has 0 saturated carbocycles. The molecule has 4 aromatic heterocycles. The Morgan fingerprint density at radius 3 is 2.02 bits per heavy atom. The van der Waals surface area contributed by atoms with E-state index < -0.39 is 13.3 Å². The molecule has 0 aliphatic heterocycles. The largest absolute Gasteiger partial charge is 0.486 e. The van der Waals surface area contributed by atoms with Crippen molar-refractivity contribution < 1.29 is 24.5 Å². The van der Waals surface area contributed by atoms with Crippen LogP contribution in [0.3, 0.4) is 0 Å². The maximum absolute atomic E-state index is 6.51. The Morgan fingerprint density at radius 2 is 1.28 bits per heavy atom. The van der Waals surface area contributed by atoms with Gasteiger partial charge in [0.15, 0.2) is 0 Å². The summed E-state index contributed by atoms with van der Waals surface area (Å²) < 4.78 is 10.2. The third-order valence-electron chi connectivity index (χ3n) is 10.00. The van der Waals surface area contributed by atoms with Gasteiger partial charge in [0, 0.05) is 42.3 Å². The quantitative estimate of drug-likeness (QED) is 0.123. The molecule has 0 saturated heterocycles. The van der Waals surface area contributed by atoms with E-state index in [0.717, 1.165) is 78.1 Å². The number of rotatable bonds is 6. The summed E-state index contributed by atoms with van der Waals surface area (Å²) in [5.41, 5.74) is 11.4. The summed E-state index contributed by atoms with van der Waals surface area (Å²) in [6.45, 7) is 0. The van der Waals surface area contributed by atoms with E-state index in [2.05, 4.69) is 130 Å². The number of hydrogen-bond acceptors (Lipinski definition) is 4. The van der Waals surface area contributed by atoms with Crippen LogP contribution in [0.4, 0.5) is 0 Å². The third-order valence-corrected chi connectivity index (χ3v) is 14.3. The van der Waals surface area contributed by atoms with Gasteiger partial charge in [-0.15, -0.1) is 18.2 Å². The molecule has 0 spiro atoms. The number of imidazole rings is 1. The minimum Gasteiger partial charge on any atom is -0.486 e. The fraction of sp³-hybridized carbons (Fsp3) is 0.0600. The van der Waals surface area contributed by atoms with Gasteiger partial charge in [0.2, 0.25) is 5.71 Å². The van der Waals surface area contributed by atoms with E-state index >= 15 is 0 Å². The van der Waals surface area contributed by atoms with Crippen LogP contribution < -0.4 is 4.40 Å². The van der Waals surface area contributed by atoms with Gasteiger partial charge in [-0.2, -0.15) is 0 Å². The van der Waals surface area contributed by atoms with Crippen LogP contribution in [0.25, 0.3) is 83.8 Å². The second-order valence-corrected chi connectivity index (χ2v) is 25.4. The third kappa shape index (κ3) is 7.64. The zero-order valence-corrected chi connectivity index (χ0v) is 36.3. The number of hydrogen-bond donors (Lipinski definition) is 0. The first kappa shape index (κ1) is 38.0. The minimum absolute atomic E-state index is 0. The topological polar surface area (TPSA) is 56.7 Å². The molecule has 0 aliphatic rings. The van der Waals surface area contributed by atoms with E-state index in [1.165, 1.54) is 4.40 Å². The number of nitrogens with zero attached hydrogens (tertiary/aromatic N) is 4. The average Bonchev–Trinajstić information content (AvgIpc) is 3.83. The summed E-state index contributed by atoms with van der Waals surface area (Å²) in [7, 11) is 0. The van der Waals surface area contributed by atoms with Gasteiger partial charge in [-0.25, -0.2) is 4.98 Å². The van der Waals surface area contributed by atoms with Crippen LogP contribution in [-0.4, -0.2) is 32.8 Å². The molecular formula is C50H38GeIrN4O-2. The van der Waals surface area contributed by atoms with Crippen LogP contribution in [0.1, 0.15) is 0 Å². The zero-order valence-electron chi connectivity index (χ0n) is 31.8. The molecule has 1 radical (unpaired) electrons. The van der Waals surface area contributed by atoms with Crippen molar-refractivity contribution in [3.05, 3.63) is 188 Å². The van der Waals surface area contributed by atoms with Gasteiger partial charge in [-0.3, -0.25) is 4.98 Å². The van der Waals surface area contributed by atoms with Crippen LogP contribution in [0.15, 0.2) is 180 Å². The van der Waals surface area contributed by atoms with Gasteiger partial charge in [-0.05, 0) is 35.9 Å². The summed E-state index contributed by atoms with van der Waals surface area (Å²) in [6, 6.07) is 64.4. The van der Waals surface area contributed by atoms with E-state index in [4.69, 9.17) is 14.4 Å². The molecular weight excluding hydrogens is 937 g/mol. The van der Waals surface area contributed by atoms with Gasteiger partial charge in [0.05, 0.1) is 28.1 Å². The van der Waals surface area contributed by atoms with Gasteiger partial charge >= 0.3 is 99.8 Å². The Kier molecular flexibility index (Phi) is 10.8. The molecule has 4 heterocycles. The number of aromatic nitrogens is 4. The van der Waals surface area contributed by atoms with E-state index in [-0.39, 0.29) is 20.1 Å². The van der Waals surface area contributed by atoms with E-state index in [0.29, 0.717) is 5.71 Å². The molecule has 10 aromatic rings. The molecule has 7 heteroatoms. The minimum atomic E-state index is -1.72. The fourth-order valence-electron chi connectivity index (χ4n) is 7.08. The average molecular weight is 976 g/mol. The first-order valence-corrected chi connectivity index (χ1v) is 26.1. The van der Waals surface area contributed by atoms with Crippen molar-refractivity contribution in [1.82, 2.24) is 19.5 Å². The Morgan fingerprint density at radius 1 is 0.579 bits per heavy atom. The number of para-hydroxylation sites is 3. The second-order valence-electron chi connectivity index (χ2n) is 14.7. The molecule has 5 nitrogen and oxygen atoms in total. The molecule has 0 unspecified atom stereocenters. The predicted octanol–water partition coefficient (Wildman–Crippen LogP) is 12.2. The van der Waals surface area contributed by atoms with Crippen molar-refractivity contribution in [3.8, 4) is 50.7 Å². The molecule has 279 valence electrons. The van der Waals surface area contributed by atoms with E-state index in [1.807, 2.05) is 85.1 Å². The van der Waals surface area contributed by atoms with E-state index in [1.54, 1.807) is 0 Å². The van der Waals surface area contributed by atoms with Crippen molar-refractivity contribution >= 4 is 50.8 Å². The summed E-state index contributed by atoms with van der Waals surface area (Å²) in [5.74, 6) is 7.92. The van der Waals surface area contributed by atoms with Gasteiger partial charge < -0.3 is 8.98 Å². The molecule has 0 bridgehead atoms. The number of fused-ring (bicyclic) bond motifs is 4. The molecule has 0 amide bonds. The van der Waals surface area contributed by atoms with Crippen molar-refractivity contribution in [1.29, 1.82) is 0 Å². The van der Waals surface area contributed by atoms with Crippen LogP contribution in [0.2, 0.25) is 17.3 Å².